The molecule has 4 nitrogen and oxygen atoms in total. The molecule has 5 rings (SSSR count). The second-order valence-corrected chi connectivity index (χ2v) is 6.72. The second kappa shape index (κ2) is 4.97. The highest BCUT2D eigenvalue weighted by atomic mass is 79.9. The maximum atomic E-state index is 4.39. The summed E-state index contributed by atoms with van der Waals surface area (Å²) in [7, 11) is 0. The minimum absolute atomic E-state index is 0.505. The van der Waals surface area contributed by atoms with E-state index in [1.165, 1.54) is 25.9 Å². The molecule has 3 saturated heterocycles. The molecule has 5 heteroatoms. The van der Waals surface area contributed by atoms with Crippen LogP contribution < -0.4 is 0 Å². The molecule has 0 amide bonds. The van der Waals surface area contributed by atoms with E-state index in [0.717, 1.165) is 28.2 Å². The molecule has 104 valence electrons. The van der Waals surface area contributed by atoms with E-state index in [0.29, 0.717) is 6.04 Å². The Labute approximate surface area is 126 Å². The molecular weight excluding hydrogens is 316 g/mol. The molecule has 1 aromatic heterocycles. The molecule has 0 spiro atoms. The zero-order valence-corrected chi connectivity index (χ0v) is 12.8. The quantitative estimate of drug-likeness (QED) is 0.847. The summed E-state index contributed by atoms with van der Waals surface area (Å²) in [5.41, 5.74) is 2.08. The van der Waals surface area contributed by atoms with Crippen molar-refractivity contribution in [2.75, 3.05) is 19.6 Å². The van der Waals surface area contributed by atoms with Gasteiger partial charge in [-0.2, -0.15) is 0 Å². The Morgan fingerprint density at radius 1 is 1.20 bits per heavy atom. The molecule has 4 heterocycles. The first-order chi connectivity index (χ1) is 9.79. The third kappa shape index (κ3) is 2.19. The first kappa shape index (κ1) is 12.5. The predicted octanol–water partition coefficient (Wildman–Crippen LogP) is 2.97. The van der Waals surface area contributed by atoms with Crippen molar-refractivity contribution in [3.8, 4) is 11.3 Å². The number of aromatic nitrogens is 3. The molecule has 0 saturated carbocycles. The molecule has 20 heavy (non-hydrogen) atoms. The number of fused-ring (bicyclic) bond motifs is 3. The lowest BCUT2D eigenvalue weighted by Crippen LogP contribution is -2.48. The predicted molar refractivity (Wildman–Crippen MR) is 81.4 cm³/mol. The van der Waals surface area contributed by atoms with Crippen LogP contribution in [0.3, 0.4) is 0 Å². The molecular formula is C15H17BrN4. The van der Waals surface area contributed by atoms with Gasteiger partial charge in [0.1, 0.15) is 5.69 Å². The average Bonchev–Trinajstić information content (AvgIpc) is 2.98. The van der Waals surface area contributed by atoms with Gasteiger partial charge in [0.25, 0.3) is 0 Å². The number of hydrogen-bond acceptors (Lipinski definition) is 3. The molecule has 3 fully saturated rings. The van der Waals surface area contributed by atoms with Crippen LogP contribution in [0.25, 0.3) is 11.3 Å². The van der Waals surface area contributed by atoms with Gasteiger partial charge in [0.2, 0.25) is 0 Å². The van der Waals surface area contributed by atoms with Crippen LogP contribution in [0.15, 0.2) is 34.9 Å². The summed E-state index contributed by atoms with van der Waals surface area (Å²) in [5, 5.41) is 8.75. The van der Waals surface area contributed by atoms with Crippen molar-refractivity contribution < 1.29 is 0 Å². The first-order valence-corrected chi connectivity index (χ1v) is 7.99. The molecule has 3 aliphatic rings. The van der Waals surface area contributed by atoms with E-state index in [-0.39, 0.29) is 0 Å². The molecule has 1 atom stereocenters. The summed E-state index contributed by atoms with van der Waals surface area (Å²) in [6.07, 6.45) is 4.71. The van der Waals surface area contributed by atoms with Gasteiger partial charge in [0, 0.05) is 16.6 Å². The van der Waals surface area contributed by atoms with Crippen LogP contribution in [0.4, 0.5) is 0 Å². The molecule has 0 N–H and O–H groups in total. The lowest BCUT2D eigenvalue weighted by molar-refractivity contribution is 0.0504. The van der Waals surface area contributed by atoms with Crippen molar-refractivity contribution in [2.45, 2.75) is 18.9 Å². The van der Waals surface area contributed by atoms with Gasteiger partial charge in [0.15, 0.2) is 0 Å². The van der Waals surface area contributed by atoms with E-state index in [1.807, 2.05) is 12.1 Å². The largest absolute Gasteiger partial charge is 0.301 e. The van der Waals surface area contributed by atoms with Gasteiger partial charge >= 0.3 is 0 Å². The van der Waals surface area contributed by atoms with Crippen LogP contribution in [0.1, 0.15) is 18.9 Å². The number of hydrogen-bond donors (Lipinski definition) is 0. The van der Waals surface area contributed by atoms with Crippen LogP contribution >= 0.6 is 15.9 Å². The van der Waals surface area contributed by atoms with Crippen molar-refractivity contribution in [3.63, 3.8) is 0 Å². The number of rotatable bonds is 2. The fourth-order valence-electron chi connectivity index (χ4n) is 3.45. The minimum Gasteiger partial charge on any atom is -0.301 e. The van der Waals surface area contributed by atoms with Gasteiger partial charge in [-0.3, -0.25) is 0 Å². The molecule has 2 bridgehead atoms. The SMILES string of the molecule is Brc1cccc(-c2cn(C3CN4CCC3CC4)nn2)c1. The lowest BCUT2D eigenvalue weighted by Gasteiger charge is -2.44. The fraction of sp³-hybridized carbons (Fsp3) is 0.467. The van der Waals surface area contributed by atoms with E-state index < -0.39 is 0 Å². The number of halogens is 1. The Morgan fingerprint density at radius 3 is 2.75 bits per heavy atom. The third-order valence-corrected chi connectivity index (χ3v) is 5.09. The summed E-state index contributed by atoms with van der Waals surface area (Å²) in [5.74, 6) is 0.775. The third-order valence-electron chi connectivity index (χ3n) is 4.59. The van der Waals surface area contributed by atoms with Crippen molar-refractivity contribution >= 4 is 15.9 Å². The zero-order chi connectivity index (χ0) is 13.5. The smallest absolute Gasteiger partial charge is 0.113 e. The van der Waals surface area contributed by atoms with Crippen LogP contribution in [-0.4, -0.2) is 39.5 Å². The van der Waals surface area contributed by atoms with Crippen LogP contribution in [0.5, 0.6) is 0 Å². The summed E-state index contributed by atoms with van der Waals surface area (Å²) < 4.78 is 3.17. The molecule has 3 aliphatic heterocycles. The van der Waals surface area contributed by atoms with Gasteiger partial charge in [-0.25, -0.2) is 4.68 Å². The number of benzene rings is 1. The number of nitrogens with zero attached hydrogens (tertiary/aromatic N) is 4. The van der Waals surface area contributed by atoms with Gasteiger partial charge in [0.05, 0.1) is 12.2 Å². The highest BCUT2D eigenvalue weighted by molar-refractivity contribution is 9.10. The van der Waals surface area contributed by atoms with E-state index in [9.17, 15) is 0 Å². The summed E-state index contributed by atoms with van der Waals surface area (Å²) in [4.78, 5) is 2.55. The number of piperidine rings is 3. The van der Waals surface area contributed by atoms with Crippen molar-refractivity contribution in [1.82, 2.24) is 19.9 Å². The molecule has 0 radical (unpaired) electrons. The van der Waals surface area contributed by atoms with Crippen molar-refractivity contribution in [2.24, 2.45) is 5.92 Å². The van der Waals surface area contributed by atoms with Crippen molar-refractivity contribution in [3.05, 3.63) is 34.9 Å². The molecule has 0 aliphatic carbocycles. The summed E-state index contributed by atoms with van der Waals surface area (Å²) >= 11 is 3.51. The highest BCUT2D eigenvalue weighted by Gasteiger charge is 2.35. The minimum atomic E-state index is 0.505. The first-order valence-electron chi connectivity index (χ1n) is 7.20. The Kier molecular flexibility index (Phi) is 3.11. The van der Waals surface area contributed by atoms with E-state index in [4.69, 9.17) is 0 Å². The molecule has 1 aromatic carbocycles. The second-order valence-electron chi connectivity index (χ2n) is 5.80. The normalized spacial score (nSPS) is 28.8. The van der Waals surface area contributed by atoms with Gasteiger partial charge in [-0.1, -0.05) is 33.3 Å². The maximum absolute atomic E-state index is 4.39. The van der Waals surface area contributed by atoms with Gasteiger partial charge in [-0.15, -0.1) is 5.10 Å². The van der Waals surface area contributed by atoms with Crippen LogP contribution in [0.2, 0.25) is 0 Å². The monoisotopic (exact) mass is 332 g/mol. The Hall–Kier alpha value is -1.20. The molecule has 1 unspecified atom stereocenters. The standard InChI is InChI=1S/C15H17BrN4/c16-13-3-1-2-12(8-13)14-9-20(18-17-14)15-10-19-6-4-11(15)5-7-19/h1-3,8-9,11,15H,4-7,10H2. The Bertz CT molecular complexity index is 616. The Balaban J connectivity index is 1.62. The highest BCUT2D eigenvalue weighted by Crippen LogP contribution is 2.35. The van der Waals surface area contributed by atoms with Gasteiger partial charge in [-0.05, 0) is 44.0 Å². The van der Waals surface area contributed by atoms with E-state index in [1.54, 1.807) is 0 Å². The molecule has 2 aromatic rings. The summed E-state index contributed by atoms with van der Waals surface area (Å²) in [6, 6.07) is 8.74. The average molecular weight is 333 g/mol. The van der Waals surface area contributed by atoms with Crippen molar-refractivity contribution in [1.29, 1.82) is 0 Å². The summed E-state index contributed by atoms with van der Waals surface area (Å²) in [6.45, 7) is 3.65. The van der Waals surface area contributed by atoms with Crippen LogP contribution in [-0.2, 0) is 0 Å². The van der Waals surface area contributed by atoms with Gasteiger partial charge < -0.3 is 4.90 Å². The fourth-order valence-corrected chi connectivity index (χ4v) is 3.85. The lowest BCUT2D eigenvalue weighted by atomic mass is 9.84. The zero-order valence-electron chi connectivity index (χ0n) is 11.2. The topological polar surface area (TPSA) is 34.0 Å². The maximum Gasteiger partial charge on any atom is 0.113 e. The van der Waals surface area contributed by atoms with E-state index in [2.05, 4.69) is 54.2 Å². The Morgan fingerprint density at radius 2 is 2.05 bits per heavy atom. The van der Waals surface area contributed by atoms with E-state index >= 15 is 0 Å². The van der Waals surface area contributed by atoms with Crippen LogP contribution in [0, 0.1) is 5.92 Å².